The number of halogens is 1. The van der Waals surface area contributed by atoms with E-state index >= 15 is 0 Å². The average molecular weight is 249 g/mol. The fourth-order valence-electron chi connectivity index (χ4n) is 1.77. The van der Waals surface area contributed by atoms with Crippen LogP contribution >= 0.6 is 0 Å². The lowest BCUT2D eigenvalue weighted by molar-refractivity contribution is 0.0695. The summed E-state index contributed by atoms with van der Waals surface area (Å²) in [6.07, 6.45) is 0. The van der Waals surface area contributed by atoms with Crippen molar-refractivity contribution in [3.8, 4) is 0 Å². The standard InChI is InChI=1S/C12H12FN3O2/c1-7-14-8(2)16(15-7)6-9-5-10(13)3-4-11(9)12(17)18/h3-5H,6H2,1-2H3,(H,17,18). The van der Waals surface area contributed by atoms with E-state index in [-0.39, 0.29) is 12.1 Å². The normalized spacial score (nSPS) is 10.6. The summed E-state index contributed by atoms with van der Waals surface area (Å²) in [6.45, 7) is 3.69. The summed E-state index contributed by atoms with van der Waals surface area (Å²) in [5, 5.41) is 13.2. The average Bonchev–Trinajstić information content (AvgIpc) is 2.57. The topological polar surface area (TPSA) is 68.0 Å². The summed E-state index contributed by atoms with van der Waals surface area (Å²) in [7, 11) is 0. The summed E-state index contributed by atoms with van der Waals surface area (Å²) in [4.78, 5) is 15.2. The van der Waals surface area contributed by atoms with Crippen LogP contribution in [-0.4, -0.2) is 25.8 Å². The van der Waals surface area contributed by atoms with Gasteiger partial charge in [0.25, 0.3) is 0 Å². The van der Waals surface area contributed by atoms with Crippen molar-refractivity contribution < 1.29 is 14.3 Å². The lowest BCUT2D eigenvalue weighted by atomic mass is 10.1. The van der Waals surface area contributed by atoms with Crippen molar-refractivity contribution in [2.45, 2.75) is 20.4 Å². The van der Waals surface area contributed by atoms with Crippen LogP contribution < -0.4 is 0 Å². The summed E-state index contributed by atoms with van der Waals surface area (Å²) in [6, 6.07) is 3.60. The molecule has 0 atom stereocenters. The molecule has 1 aromatic carbocycles. The first-order valence-electron chi connectivity index (χ1n) is 5.37. The Morgan fingerprint density at radius 2 is 2.17 bits per heavy atom. The Balaban J connectivity index is 2.42. The molecule has 0 saturated carbocycles. The molecular weight excluding hydrogens is 237 g/mol. The summed E-state index contributed by atoms with van der Waals surface area (Å²) >= 11 is 0. The molecule has 2 rings (SSSR count). The van der Waals surface area contributed by atoms with Crippen LogP contribution in [-0.2, 0) is 6.54 Å². The van der Waals surface area contributed by atoms with Crippen molar-refractivity contribution in [2.75, 3.05) is 0 Å². The molecule has 94 valence electrons. The maximum Gasteiger partial charge on any atom is 0.336 e. The van der Waals surface area contributed by atoms with Gasteiger partial charge in [-0.1, -0.05) is 0 Å². The predicted molar refractivity (Wildman–Crippen MR) is 62.0 cm³/mol. The van der Waals surface area contributed by atoms with Crippen LogP contribution in [0.1, 0.15) is 27.6 Å². The molecule has 0 aliphatic rings. The number of rotatable bonds is 3. The quantitative estimate of drug-likeness (QED) is 0.900. The Bertz CT molecular complexity index is 607. The van der Waals surface area contributed by atoms with Crippen LogP contribution in [0, 0.1) is 19.7 Å². The van der Waals surface area contributed by atoms with Crippen LogP contribution in [0.2, 0.25) is 0 Å². The Labute approximate surface area is 103 Å². The largest absolute Gasteiger partial charge is 0.478 e. The van der Waals surface area contributed by atoms with E-state index in [1.54, 1.807) is 18.5 Å². The Hall–Kier alpha value is -2.24. The highest BCUT2D eigenvalue weighted by Gasteiger charge is 2.13. The zero-order valence-corrected chi connectivity index (χ0v) is 10.0. The molecule has 1 N–H and O–H groups in total. The second kappa shape index (κ2) is 4.56. The number of carboxylic acids is 1. The summed E-state index contributed by atoms with van der Waals surface area (Å²) in [5.41, 5.74) is 0.444. The number of hydrogen-bond donors (Lipinski definition) is 1. The summed E-state index contributed by atoms with van der Waals surface area (Å²) in [5.74, 6) is -0.294. The molecule has 18 heavy (non-hydrogen) atoms. The Kier molecular flexibility index (Phi) is 3.10. The van der Waals surface area contributed by atoms with Crippen molar-refractivity contribution in [2.24, 2.45) is 0 Å². The van der Waals surface area contributed by atoms with Crippen molar-refractivity contribution in [1.29, 1.82) is 0 Å². The number of benzene rings is 1. The second-order valence-corrected chi connectivity index (χ2v) is 3.97. The molecule has 0 aliphatic heterocycles. The Morgan fingerprint density at radius 1 is 1.44 bits per heavy atom. The van der Waals surface area contributed by atoms with E-state index < -0.39 is 11.8 Å². The first kappa shape index (κ1) is 12.2. The highest BCUT2D eigenvalue weighted by atomic mass is 19.1. The van der Waals surface area contributed by atoms with E-state index in [9.17, 15) is 9.18 Å². The van der Waals surface area contributed by atoms with Crippen molar-refractivity contribution in [3.63, 3.8) is 0 Å². The first-order chi connectivity index (χ1) is 8.47. The van der Waals surface area contributed by atoms with Crippen molar-refractivity contribution in [1.82, 2.24) is 14.8 Å². The van der Waals surface area contributed by atoms with Gasteiger partial charge >= 0.3 is 5.97 Å². The molecule has 6 heteroatoms. The molecule has 2 aromatic rings. The summed E-state index contributed by atoms with van der Waals surface area (Å²) < 4.78 is 14.7. The third-order valence-electron chi connectivity index (χ3n) is 2.58. The highest BCUT2D eigenvalue weighted by molar-refractivity contribution is 5.89. The molecule has 1 aromatic heterocycles. The van der Waals surface area contributed by atoms with Gasteiger partial charge in [-0.2, -0.15) is 5.10 Å². The van der Waals surface area contributed by atoms with Gasteiger partial charge < -0.3 is 5.11 Å². The van der Waals surface area contributed by atoms with Crippen LogP contribution in [0.5, 0.6) is 0 Å². The van der Waals surface area contributed by atoms with Gasteiger partial charge in [0.2, 0.25) is 0 Å². The van der Waals surface area contributed by atoms with Gasteiger partial charge in [0.05, 0.1) is 12.1 Å². The van der Waals surface area contributed by atoms with Gasteiger partial charge in [0, 0.05) is 0 Å². The smallest absolute Gasteiger partial charge is 0.336 e. The molecule has 0 aliphatic carbocycles. The van der Waals surface area contributed by atoms with E-state index in [0.717, 1.165) is 6.07 Å². The number of nitrogens with zero attached hydrogens (tertiary/aromatic N) is 3. The van der Waals surface area contributed by atoms with Crippen molar-refractivity contribution >= 4 is 5.97 Å². The fourth-order valence-corrected chi connectivity index (χ4v) is 1.77. The maximum absolute atomic E-state index is 13.2. The SMILES string of the molecule is Cc1nc(C)n(Cc2cc(F)ccc2C(=O)O)n1. The number of carbonyl (C=O) groups is 1. The molecule has 0 radical (unpaired) electrons. The Morgan fingerprint density at radius 3 is 2.72 bits per heavy atom. The zero-order valence-electron chi connectivity index (χ0n) is 10.0. The predicted octanol–water partition coefficient (Wildman–Crippen LogP) is 1.78. The molecule has 0 bridgehead atoms. The van der Waals surface area contributed by atoms with Gasteiger partial charge in [0.15, 0.2) is 0 Å². The highest BCUT2D eigenvalue weighted by Crippen LogP contribution is 2.13. The van der Waals surface area contributed by atoms with Gasteiger partial charge in [0.1, 0.15) is 17.5 Å². The third-order valence-corrected chi connectivity index (χ3v) is 2.58. The minimum atomic E-state index is -1.08. The van der Waals surface area contributed by atoms with E-state index in [4.69, 9.17) is 5.11 Å². The van der Waals surface area contributed by atoms with Crippen LogP contribution in [0.4, 0.5) is 4.39 Å². The van der Waals surface area contributed by atoms with E-state index in [1.165, 1.54) is 12.1 Å². The van der Waals surface area contributed by atoms with Crippen molar-refractivity contribution in [3.05, 3.63) is 46.8 Å². The number of hydrogen-bond acceptors (Lipinski definition) is 3. The molecule has 0 fully saturated rings. The molecule has 0 spiro atoms. The number of aromatic nitrogens is 3. The molecule has 1 heterocycles. The third kappa shape index (κ3) is 2.37. The molecule has 5 nitrogen and oxygen atoms in total. The van der Waals surface area contributed by atoms with Crippen LogP contribution in [0.3, 0.4) is 0 Å². The maximum atomic E-state index is 13.2. The zero-order chi connectivity index (χ0) is 13.3. The minimum Gasteiger partial charge on any atom is -0.478 e. The molecule has 0 amide bonds. The fraction of sp³-hybridized carbons (Fsp3) is 0.250. The van der Waals surface area contributed by atoms with Gasteiger partial charge in [-0.25, -0.2) is 18.9 Å². The van der Waals surface area contributed by atoms with E-state index in [1.807, 2.05) is 0 Å². The van der Waals surface area contributed by atoms with Gasteiger partial charge in [-0.05, 0) is 37.6 Å². The second-order valence-electron chi connectivity index (χ2n) is 3.97. The number of aryl methyl sites for hydroxylation is 2. The lowest BCUT2D eigenvalue weighted by Crippen LogP contribution is -2.10. The monoisotopic (exact) mass is 249 g/mol. The van der Waals surface area contributed by atoms with Gasteiger partial charge in [-0.15, -0.1) is 0 Å². The molecular formula is C12H12FN3O2. The minimum absolute atomic E-state index is 0.0731. The number of carboxylic acid groups (broad SMARTS) is 1. The van der Waals surface area contributed by atoms with E-state index in [2.05, 4.69) is 10.1 Å². The lowest BCUT2D eigenvalue weighted by Gasteiger charge is -2.07. The van der Waals surface area contributed by atoms with Gasteiger partial charge in [-0.3, -0.25) is 0 Å². The van der Waals surface area contributed by atoms with Crippen LogP contribution in [0.15, 0.2) is 18.2 Å². The first-order valence-corrected chi connectivity index (χ1v) is 5.37. The number of aromatic carboxylic acids is 1. The van der Waals surface area contributed by atoms with Crippen LogP contribution in [0.25, 0.3) is 0 Å². The molecule has 0 unspecified atom stereocenters. The molecule has 0 saturated heterocycles. The van der Waals surface area contributed by atoms with E-state index in [0.29, 0.717) is 17.2 Å².